The van der Waals surface area contributed by atoms with Crippen LogP contribution in [0.15, 0.2) is 60.5 Å². The summed E-state index contributed by atoms with van der Waals surface area (Å²) in [5.74, 6) is 0. The Morgan fingerprint density at radius 1 is 1.42 bits per heavy atom. The molecule has 1 aliphatic rings. The molecule has 0 saturated carbocycles. The lowest BCUT2D eigenvalue weighted by Gasteiger charge is -2.33. The molecule has 1 fully saturated rings. The van der Waals surface area contributed by atoms with Crippen molar-refractivity contribution in [3.05, 3.63) is 81.1 Å². The standard InChI is InChI=1S/C18H18N4O3S/c1-20-18(17-6-3-9-26-17,12-21-8-7-19-13-21)11-16(25-20)14-4-2-5-15(10-14)22(23)24/h2-10,13,16H,11-12H2,1H3. The molecule has 7 nitrogen and oxygen atoms in total. The highest BCUT2D eigenvalue weighted by Gasteiger charge is 2.48. The number of hydrogen-bond donors (Lipinski definition) is 0. The van der Waals surface area contributed by atoms with Gasteiger partial charge in [-0.2, -0.15) is 5.06 Å². The first kappa shape index (κ1) is 16.9. The smallest absolute Gasteiger partial charge is 0.269 e. The lowest BCUT2D eigenvalue weighted by atomic mass is 9.88. The minimum atomic E-state index is -0.375. The number of non-ortho nitro benzene ring substituents is 1. The molecule has 134 valence electrons. The summed E-state index contributed by atoms with van der Waals surface area (Å²) in [6, 6.07) is 10.8. The van der Waals surface area contributed by atoms with Gasteiger partial charge >= 0.3 is 0 Å². The van der Waals surface area contributed by atoms with Gasteiger partial charge in [0.2, 0.25) is 0 Å². The van der Waals surface area contributed by atoms with Crippen LogP contribution >= 0.6 is 11.3 Å². The zero-order valence-corrected chi connectivity index (χ0v) is 15.0. The maximum absolute atomic E-state index is 11.1. The summed E-state index contributed by atoms with van der Waals surface area (Å²) in [5.41, 5.74) is 0.538. The molecule has 4 rings (SSSR count). The lowest BCUT2D eigenvalue weighted by molar-refractivity contribution is -0.385. The summed E-state index contributed by atoms with van der Waals surface area (Å²) < 4.78 is 2.04. The van der Waals surface area contributed by atoms with Gasteiger partial charge in [0.05, 0.1) is 11.3 Å². The molecule has 3 heterocycles. The average molecular weight is 370 g/mol. The predicted molar refractivity (Wildman–Crippen MR) is 97.5 cm³/mol. The van der Waals surface area contributed by atoms with Gasteiger partial charge in [-0.25, -0.2) is 4.98 Å². The number of nitro benzene ring substituents is 1. The Morgan fingerprint density at radius 2 is 2.31 bits per heavy atom. The first-order valence-electron chi connectivity index (χ1n) is 8.23. The number of hydrogen-bond acceptors (Lipinski definition) is 6. The molecule has 0 N–H and O–H groups in total. The van der Waals surface area contributed by atoms with Crippen LogP contribution < -0.4 is 0 Å². The van der Waals surface area contributed by atoms with Crippen molar-refractivity contribution >= 4 is 17.0 Å². The maximum Gasteiger partial charge on any atom is 0.269 e. The number of imidazole rings is 1. The summed E-state index contributed by atoms with van der Waals surface area (Å²) in [5, 5.41) is 15.1. The van der Waals surface area contributed by atoms with E-state index in [0.717, 1.165) is 5.56 Å². The number of rotatable bonds is 5. The largest absolute Gasteiger partial charge is 0.335 e. The Morgan fingerprint density at radius 3 is 3.00 bits per heavy atom. The first-order valence-corrected chi connectivity index (χ1v) is 9.11. The molecule has 8 heteroatoms. The van der Waals surface area contributed by atoms with E-state index in [1.807, 2.05) is 35.0 Å². The predicted octanol–water partition coefficient (Wildman–Crippen LogP) is 3.76. The van der Waals surface area contributed by atoms with Gasteiger partial charge in [-0.3, -0.25) is 15.0 Å². The maximum atomic E-state index is 11.1. The van der Waals surface area contributed by atoms with Crippen LogP contribution in [0.2, 0.25) is 0 Å². The summed E-state index contributed by atoms with van der Waals surface area (Å²) in [4.78, 5) is 22.2. The minimum Gasteiger partial charge on any atom is -0.335 e. The Bertz CT molecular complexity index is 897. The van der Waals surface area contributed by atoms with Crippen molar-refractivity contribution < 1.29 is 9.76 Å². The quantitative estimate of drug-likeness (QED) is 0.505. The highest BCUT2D eigenvalue weighted by molar-refractivity contribution is 7.10. The van der Waals surface area contributed by atoms with Gasteiger partial charge in [-0.15, -0.1) is 11.3 Å². The monoisotopic (exact) mass is 370 g/mol. The van der Waals surface area contributed by atoms with Crippen molar-refractivity contribution in [2.75, 3.05) is 7.05 Å². The van der Waals surface area contributed by atoms with E-state index in [9.17, 15) is 10.1 Å². The summed E-state index contributed by atoms with van der Waals surface area (Å²) in [6.07, 6.45) is 5.94. The third-order valence-electron chi connectivity index (χ3n) is 4.85. The van der Waals surface area contributed by atoms with Crippen LogP contribution in [0, 0.1) is 10.1 Å². The van der Waals surface area contributed by atoms with E-state index >= 15 is 0 Å². The van der Waals surface area contributed by atoms with Crippen molar-refractivity contribution in [1.29, 1.82) is 0 Å². The SMILES string of the molecule is CN1OC(c2cccc([N+](=O)[O-])c2)CC1(Cn1ccnc1)c1cccs1. The normalized spacial score (nSPS) is 23.3. The molecule has 0 amide bonds. The highest BCUT2D eigenvalue weighted by Crippen LogP contribution is 2.48. The van der Waals surface area contributed by atoms with Crippen LogP contribution in [-0.2, 0) is 16.9 Å². The van der Waals surface area contributed by atoms with Crippen LogP contribution in [0.5, 0.6) is 0 Å². The van der Waals surface area contributed by atoms with Gasteiger partial charge in [0.15, 0.2) is 0 Å². The topological polar surface area (TPSA) is 73.4 Å². The number of aromatic nitrogens is 2. The lowest BCUT2D eigenvalue weighted by Crippen LogP contribution is -2.40. The van der Waals surface area contributed by atoms with Gasteiger partial charge in [0.25, 0.3) is 5.69 Å². The molecular weight excluding hydrogens is 352 g/mol. The molecule has 1 aliphatic heterocycles. The van der Waals surface area contributed by atoms with E-state index in [4.69, 9.17) is 4.84 Å². The van der Waals surface area contributed by atoms with Gasteiger partial charge in [-0.1, -0.05) is 18.2 Å². The van der Waals surface area contributed by atoms with Gasteiger partial charge in [0.1, 0.15) is 11.6 Å². The number of thiophene rings is 1. The van der Waals surface area contributed by atoms with Gasteiger partial charge < -0.3 is 4.57 Å². The number of nitro groups is 1. The Balaban J connectivity index is 1.70. The fourth-order valence-corrected chi connectivity index (χ4v) is 4.46. The zero-order chi connectivity index (χ0) is 18.1. The molecule has 0 radical (unpaired) electrons. The zero-order valence-electron chi connectivity index (χ0n) is 14.2. The van der Waals surface area contributed by atoms with Crippen LogP contribution in [0.4, 0.5) is 5.69 Å². The summed E-state index contributed by atoms with van der Waals surface area (Å²) in [7, 11) is 1.92. The van der Waals surface area contributed by atoms with Crippen molar-refractivity contribution in [1.82, 2.24) is 14.6 Å². The molecule has 2 atom stereocenters. The molecule has 2 unspecified atom stereocenters. The third kappa shape index (κ3) is 2.92. The molecule has 0 spiro atoms. The van der Waals surface area contributed by atoms with E-state index in [-0.39, 0.29) is 22.3 Å². The second-order valence-corrected chi connectivity index (χ2v) is 7.34. The van der Waals surface area contributed by atoms with Crippen LogP contribution in [0.1, 0.15) is 23.0 Å². The number of likely N-dealkylation sites (N-methyl/N-ethyl adjacent to an activating group) is 1. The molecule has 26 heavy (non-hydrogen) atoms. The molecule has 1 aromatic carbocycles. The molecule has 0 aliphatic carbocycles. The molecule has 1 saturated heterocycles. The first-order chi connectivity index (χ1) is 12.6. The Hall–Kier alpha value is -2.55. The van der Waals surface area contributed by atoms with Crippen LogP contribution in [0.3, 0.4) is 0 Å². The van der Waals surface area contributed by atoms with E-state index in [1.165, 1.54) is 10.9 Å². The summed E-state index contributed by atoms with van der Waals surface area (Å²) >= 11 is 1.69. The second kappa shape index (κ2) is 6.64. The molecule has 2 aromatic heterocycles. The van der Waals surface area contributed by atoms with Crippen molar-refractivity contribution in [2.24, 2.45) is 0 Å². The fraction of sp³-hybridized carbons (Fsp3) is 0.278. The van der Waals surface area contributed by atoms with Crippen LogP contribution in [0.25, 0.3) is 0 Å². The number of hydroxylamine groups is 2. The minimum absolute atomic E-state index is 0.0805. The van der Waals surface area contributed by atoms with Gasteiger partial charge in [-0.05, 0) is 17.0 Å². The summed E-state index contributed by atoms with van der Waals surface area (Å²) in [6.45, 7) is 0.690. The average Bonchev–Trinajstić information content (AvgIpc) is 3.38. The third-order valence-corrected chi connectivity index (χ3v) is 5.91. The second-order valence-electron chi connectivity index (χ2n) is 6.39. The van der Waals surface area contributed by atoms with E-state index in [0.29, 0.717) is 13.0 Å². The molecule has 0 bridgehead atoms. The number of nitrogens with zero attached hydrogens (tertiary/aromatic N) is 4. The Kier molecular flexibility index (Phi) is 4.31. The van der Waals surface area contributed by atoms with E-state index in [1.54, 1.807) is 36.0 Å². The van der Waals surface area contributed by atoms with E-state index in [2.05, 4.69) is 16.4 Å². The molecule has 3 aromatic rings. The van der Waals surface area contributed by atoms with Crippen molar-refractivity contribution in [2.45, 2.75) is 24.6 Å². The van der Waals surface area contributed by atoms with Gasteiger partial charge in [0, 0.05) is 49.4 Å². The van der Waals surface area contributed by atoms with Crippen molar-refractivity contribution in [3.63, 3.8) is 0 Å². The fourth-order valence-electron chi connectivity index (χ4n) is 3.51. The molecular formula is C18H18N4O3S. The highest BCUT2D eigenvalue weighted by atomic mass is 32.1. The van der Waals surface area contributed by atoms with E-state index < -0.39 is 0 Å². The van der Waals surface area contributed by atoms with Crippen LogP contribution in [-0.4, -0.2) is 26.6 Å². The Labute approximate surface area is 154 Å². The van der Waals surface area contributed by atoms with Crippen molar-refractivity contribution in [3.8, 4) is 0 Å². The number of benzene rings is 1.